The van der Waals surface area contributed by atoms with Crippen LogP contribution in [-0.2, 0) is 11.2 Å². The largest absolute Gasteiger partial charge is 0.496 e. The number of allylic oxidation sites excluding steroid dienone is 1. The molecule has 1 fully saturated rings. The summed E-state index contributed by atoms with van der Waals surface area (Å²) in [6, 6.07) is 3.58. The molecule has 0 N–H and O–H groups in total. The van der Waals surface area contributed by atoms with E-state index in [1.165, 1.54) is 19.3 Å². The lowest BCUT2D eigenvalue weighted by Gasteiger charge is -2.31. The highest BCUT2D eigenvalue weighted by Gasteiger charge is 2.19. The van der Waals surface area contributed by atoms with E-state index in [4.69, 9.17) is 9.47 Å². The van der Waals surface area contributed by atoms with Crippen molar-refractivity contribution in [1.29, 1.82) is 0 Å². The standard InChI is InChI=1S/C21H30N2O4/c1-5-7-16-14-17(20(26-4)15-19(16)27-6-2)18(24)8-9-21(25)23-12-10-22(3)11-13-23/h8-9,14-15H,5-7,10-13H2,1-4H3. The molecule has 1 aromatic rings. The first-order chi connectivity index (χ1) is 13.0. The van der Waals surface area contributed by atoms with Gasteiger partial charge in [0.05, 0.1) is 19.3 Å². The fourth-order valence-corrected chi connectivity index (χ4v) is 3.09. The molecule has 0 atom stereocenters. The van der Waals surface area contributed by atoms with Crippen LogP contribution in [-0.4, -0.2) is 68.4 Å². The number of ketones is 1. The van der Waals surface area contributed by atoms with Crippen molar-refractivity contribution in [3.05, 3.63) is 35.4 Å². The summed E-state index contributed by atoms with van der Waals surface area (Å²) in [5.74, 6) is 0.829. The molecule has 0 unspecified atom stereocenters. The summed E-state index contributed by atoms with van der Waals surface area (Å²) in [5.41, 5.74) is 1.43. The van der Waals surface area contributed by atoms with E-state index in [9.17, 15) is 9.59 Å². The molecule has 0 bridgehead atoms. The molecule has 2 rings (SSSR count). The molecule has 0 aromatic heterocycles. The minimum Gasteiger partial charge on any atom is -0.496 e. The highest BCUT2D eigenvalue weighted by Crippen LogP contribution is 2.31. The zero-order chi connectivity index (χ0) is 19.8. The highest BCUT2D eigenvalue weighted by molar-refractivity contribution is 6.09. The van der Waals surface area contributed by atoms with E-state index in [0.29, 0.717) is 31.0 Å². The number of carbonyl (C=O) groups excluding carboxylic acids is 2. The van der Waals surface area contributed by atoms with Gasteiger partial charge in [-0.25, -0.2) is 0 Å². The Morgan fingerprint density at radius 3 is 2.37 bits per heavy atom. The summed E-state index contributed by atoms with van der Waals surface area (Å²) in [7, 11) is 3.56. The molecule has 1 aliphatic heterocycles. The highest BCUT2D eigenvalue weighted by atomic mass is 16.5. The molecule has 27 heavy (non-hydrogen) atoms. The van der Waals surface area contributed by atoms with Gasteiger partial charge in [-0.05, 0) is 38.1 Å². The van der Waals surface area contributed by atoms with E-state index in [1.54, 1.807) is 11.0 Å². The topological polar surface area (TPSA) is 59.1 Å². The maximum absolute atomic E-state index is 12.7. The van der Waals surface area contributed by atoms with Gasteiger partial charge in [-0.15, -0.1) is 0 Å². The summed E-state index contributed by atoms with van der Waals surface area (Å²) in [6.07, 6.45) is 4.46. The van der Waals surface area contributed by atoms with Crippen LogP contribution in [0.5, 0.6) is 11.5 Å². The molecule has 6 heteroatoms. The number of hydrogen-bond acceptors (Lipinski definition) is 5. The number of carbonyl (C=O) groups is 2. The summed E-state index contributed by atoms with van der Waals surface area (Å²) in [5, 5.41) is 0. The first kappa shape index (κ1) is 21.0. The molecule has 0 saturated carbocycles. The second-order valence-electron chi connectivity index (χ2n) is 6.67. The SMILES string of the molecule is CCCc1cc(C(=O)C=CC(=O)N2CCN(C)CC2)c(OC)cc1OCC. The van der Waals surface area contributed by atoms with Gasteiger partial charge in [0.15, 0.2) is 5.78 Å². The lowest BCUT2D eigenvalue weighted by Crippen LogP contribution is -2.46. The number of aryl methyl sites for hydroxylation is 1. The zero-order valence-electron chi connectivity index (χ0n) is 16.8. The third-order valence-electron chi connectivity index (χ3n) is 4.66. The molecule has 1 saturated heterocycles. The number of ether oxygens (including phenoxy) is 2. The van der Waals surface area contributed by atoms with Crippen molar-refractivity contribution in [1.82, 2.24) is 9.80 Å². The molecular weight excluding hydrogens is 344 g/mol. The Morgan fingerprint density at radius 1 is 1.07 bits per heavy atom. The van der Waals surface area contributed by atoms with E-state index in [-0.39, 0.29) is 11.7 Å². The van der Waals surface area contributed by atoms with Crippen molar-refractivity contribution >= 4 is 11.7 Å². The monoisotopic (exact) mass is 374 g/mol. The number of piperazine rings is 1. The summed E-state index contributed by atoms with van der Waals surface area (Å²) >= 11 is 0. The minimum atomic E-state index is -0.241. The van der Waals surface area contributed by atoms with Gasteiger partial charge in [0.25, 0.3) is 0 Å². The maximum Gasteiger partial charge on any atom is 0.246 e. The van der Waals surface area contributed by atoms with Crippen LogP contribution < -0.4 is 9.47 Å². The predicted molar refractivity (Wildman–Crippen MR) is 106 cm³/mol. The molecule has 1 amide bonds. The van der Waals surface area contributed by atoms with Crippen LogP contribution in [0.15, 0.2) is 24.3 Å². The van der Waals surface area contributed by atoms with Gasteiger partial charge in [-0.1, -0.05) is 13.3 Å². The van der Waals surface area contributed by atoms with Gasteiger partial charge in [-0.3, -0.25) is 9.59 Å². The molecular formula is C21H30N2O4. The first-order valence-electron chi connectivity index (χ1n) is 9.53. The van der Waals surface area contributed by atoms with Crippen LogP contribution >= 0.6 is 0 Å². The Balaban J connectivity index is 2.18. The van der Waals surface area contributed by atoms with Gasteiger partial charge < -0.3 is 19.3 Å². The van der Waals surface area contributed by atoms with Crippen molar-refractivity contribution in [2.45, 2.75) is 26.7 Å². The Hall–Kier alpha value is -2.34. The molecule has 1 heterocycles. The summed E-state index contributed by atoms with van der Waals surface area (Å²) in [4.78, 5) is 29.0. The van der Waals surface area contributed by atoms with Crippen molar-refractivity contribution < 1.29 is 19.1 Å². The fourth-order valence-electron chi connectivity index (χ4n) is 3.09. The van der Waals surface area contributed by atoms with Gasteiger partial charge in [0.2, 0.25) is 5.91 Å². The molecule has 0 aliphatic carbocycles. The lowest BCUT2D eigenvalue weighted by atomic mass is 10.0. The predicted octanol–water partition coefficient (Wildman–Crippen LogP) is 2.56. The first-order valence-corrected chi connectivity index (χ1v) is 9.53. The van der Waals surface area contributed by atoms with Gasteiger partial charge in [-0.2, -0.15) is 0 Å². The number of rotatable bonds is 8. The number of benzene rings is 1. The molecule has 0 radical (unpaired) electrons. The van der Waals surface area contributed by atoms with Crippen LogP contribution in [0.4, 0.5) is 0 Å². The van der Waals surface area contributed by atoms with Crippen LogP contribution in [0.2, 0.25) is 0 Å². The van der Waals surface area contributed by atoms with E-state index in [2.05, 4.69) is 11.8 Å². The van der Waals surface area contributed by atoms with Crippen molar-refractivity contribution in [2.75, 3.05) is 46.9 Å². The van der Waals surface area contributed by atoms with E-state index in [0.717, 1.165) is 37.2 Å². The molecule has 0 spiro atoms. The molecule has 1 aliphatic rings. The number of hydrogen-bond donors (Lipinski definition) is 0. The van der Waals surface area contributed by atoms with Gasteiger partial charge in [0.1, 0.15) is 11.5 Å². The molecule has 1 aromatic carbocycles. The number of methoxy groups -OCH3 is 1. The van der Waals surface area contributed by atoms with Crippen LogP contribution in [0.1, 0.15) is 36.2 Å². The third kappa shape index (κ3) is 5.57. The number of amides is 1. The number of likely N-dealkylation sites (N-methyl/N-ethyl adjacent to an activating group) is 1. The third-order valence-corrected chi connectivity index (χ3v) is 4.66. The quantitative estimate of drug-likeness (QED) is 0.517. The fraction of sp³-hybridized carbons (Fsp3) is 0.524. The second-order valence-corrected chi connectivity index (χ2v) is 6.67. The minimum absolute atomic E-state index is 0.130. The Kier molecular flexibility index (Phi) is 7.85. The second kappa shape index (κ2) is 10.1. The summed E-state index contributed by atoms with van der Waals surface area (Å²) < 4.78 is 11.1. The zero-order valence-corrected chi connectivity index (χ0v) is 16.8. The normalized spacial score (nSPS) is 15.2. The van der Waals surface area contributed by atoms with Crippen LogP contribution in [0.25, 0.3) is 0 Å². The Morgan fingerprint density at radius 2 is 1.78 bits per heavy atom. The van der Waals surface area contributed by atoms with Gasteiger partial charge in [0, 0.05) is 38.3 Å². The Bertz CT molecular complexity index is 692. The van der Waals surface area contributed by atoms with Crippen LogP contribution in [0, 0.1) is 0 Å². The average molecular weight is 374 g/mol. The maximum atomic E-state index is 12.7. The van der Waals surface area contributed by atoms with Crippen molar-refractivity contribution in [2.24, 2.45) is 0 Å². The van der Waals surface area contributed by atoms with Crippen molar-refractivity contribution in [3.63, 3.8) is 0 Å². The van der Waals surface area contributed by atoms with E-state index >= 15 is 0 Å². The summed E-state index contributed by atoms with van der Waals surface area (Å²) in [6.45, 7) is 7.61. The molecule has 6 nitrogen and oxygen atoms in total. The van der Waals surface area contributed by atoms with Crippen molar-refractivity contribution in [3.8, 4) is 11.5 Å². The van der Waals surface area contributed by atoms with Gasteiger partial charge >= 0.3 is 0 Å². The lowest BCUT2D eigenvalue weighted by molar-refractivity contribution is -0.127. The van der Waals surface area contributed by atoms with E-state index in [1.807, 2.05) is 20.0 Å². The van der Waals surface area contributed by atoms with E-state index < -0.39 is 0 Å². The smallest absolute Gasteiger partial charge is 0.246 e. The Labute approximate surface area is 161 Å². The average Bonchev–Trinajstić information content (AvgIpc) is 2.67. The molecule has 148 valence electrons. The number of nitrogens with zero attached hydrogens (tertiary/aromatic N) is 2. The van der Waals surface area contributed by atoms with Crippen LogP contribution in [0.3, 0.4) is 0 Å².